The number of hydrogen-bond acceptors (Lipinski definition) is 6. The molecule has 1 unspecified atom stereocenters. The molecule has 7 nitrogen and oxygen atoms in total. The van der Waals surface area contributed by atoms with E-state index >= 15 is 0 Å². The number of azo groups is 1. The van der Waals surface area contributed by atoms with Gasteiger partial charge in [0.15, 0.2) is 6.17 Å². The second-order valence-corrected chi connectivity index (χ2v) is 9.81. The molecule has 1 aromatic heterocycles. The number of hydrogen-bond donors (Lipinski definition) is 2. The van der Waals surface area contributed by atoms with Gasteiger partial charge in [-0.1, -0.05) is 25.1 Å². The first kappa shape index (κ1) is 21.2. The number of carbonyl (C=O) groups excluding carboxylic acids is 1. The summed E-state index contributed by atoms with van der Waals surface area (Å²) in [5.74, 6) is -0.0159. The molecule has 0 aliphatic carbocycles. The summed E-state index contributed by atoms with van der Waals surface area (Å²) in [6.45, 7) is 5.52. The lowest BCUT2D eigenvalue weighted by molar-refractivity contribution is -0.123. The number of aromatic nitrogens is 1. The number of amides is 1. The van der Waals surface area contributed by atoms with Crippen LogP contribution in [0.3, 0.4) is 0 Å². The van der Waals surface area contributed by atoms with E-state index in [2.05, 4.69) is 64.0 Å². The first-order valence-corrected chi connectivity index (χ1v) is 12.1. The monoisotopic (exact) mass is 455 g/mol. The maximum absolute atomic E-state index is 13.9. The van der Waals surface area contributed by atoms with Gasteiger partial charge in [-0.3, -0.25) is 9.78 Å². The number of carbonyl (C=O) groups is 1. The summed E-state index contributed by atoms with van der Waals surface area (Å²) >= 11 is 0. The molecule has 4 aliphatic rings. The Kier molecular flexibility index (Phi) is 4.92. The van der Waals surface area contributed by atoms with Crippen molar-refractivity contribution in [1.29, 1.82) is 0 Å². The molecule has 1 fully saturated rings. The van der Waals surface area contributed by atoms with E-state index in [1.54, 1.807) is 0 Å². The van der Waals surface area contributed by atoms with Gasteiger partial charge in [-0.25, -0.2) is 0 Å². The van der Waals surface area contributed by atoms with Crippen LogP contribution < -0.4 is 10.6 Å². The molecule has 6 rings (SSSR count). The van der Waals surface area contributed by atoms with Crippen molar-refractivity contribution in [2.24, 2.45) is 10.2 Å². The van der Waals surface area contributed by atoms with Crippen molar-refractivity contribution in [3.63, 3.8) is 0 Å². The molecular formula is C27H29N5O2. The second kappa shape index (κ2) is 7.87. The van der Waals surface area contributed by atoms with Crippen molar-refractivity contribution in [1.82, 2.24) is 15.6 Å². The maximum atomic E-state index is 13.9. The lowest BCUT2D eigenvalue weighted by Crippen LogP contribution is -2.62. The fraction of sp³-hybridized carbons (Fsp3) is 0.407. The van der Waals surface area contributed by atoms with Crippen LogP contribution in [0.15, 0.2) is 76.0 Å². The zero-order valence-corrected chi connectivity index (χ0v) is 19.6. The highest BCUT2D eigenvalue weighted by atomic mass is 16.5. The van der Waals surface area contributed by atoms with Gasteiger partial charge in [-0.2, -0.15) is 10.2 Å². The molecule has 2 aromatic rings. The molecule has 34 heavy (non-hydrogen) atoms. The van der Waals surface area contributed by atoms with Crippen LogP contribution in [0.5, 0.6) is 0 Å². The van der Waals surface area contributed by atoms with E-state index in [0.29, 0.717) is 6.61 Å². The highest BCUT2D eigenvalue weighted by Crippen LogP contribution is 2.52. The van der Waals surface area contributed by atoms with Gasteiger partial charge in [-0.15, -0.1) is 0 Å². The summed E-state index contributed by atoms with van der Waals surface area (Å²) in [7, 11) is 0. The number of fused-ring (bicyclic) bond motifs is 1. The summed E-state index contributed by atoms with van der Waals surface area (Å²) in [5.41, 5.74) is 6.31. The number of rotatable bonds is 3. The van der Waals surface area contributed by atoms with Gasteiger partial charge in [0.2, 0.25) is 0 Å². The summed E-state index contributed by atoms with van der Waals surface area (Å²) in [6, 6.07) is 10.6. The minimum Gasteiger partial charge on any atom is -0.379 e. The summed E-state index contributed by atoms with van der Waals surface area (Å²) in [6.07, 6.45) is 8.62. The minimum absolute atomic E-state index is 0.0159. The van der Waals surface area contributed by atoms with Crippen molar-refractivity contribution in [3.05, 3.63) is 76.9 Å². The number of nitrogens with one attached hydrogen (secondary N) is 2. The van der Waals surface area contributed by atoms with Gasteiger partial charge in [0.1, 0.15) is 0 Å². The van der Waals surface area contributed by atoms with E-state index < -0.39 is 5.41 Å². The number of aryl methyl sites for hydroxylation is 1. The molecule has 174 valence electrons. The summed E-state index contributed by atoms with van der Waals surface area (Å²) < 4.78 is 5.79. The SMILES string of the molecule is CC[C@@]1(c2cccc(-c3ccncc3C)c2)C2=CN=NC2NC2=C1C(=O)N[C@@]1(CCCOC1)C2. The van der Waals surface area contributed by atoms with Crippen LogP contribution in [0.1, 0.15) is 43.7 Å². The van der Waals surface area contributed by atoms with Crippen LogP contribution in [0.4, 0.5) is 0 Å². The van der Waals surface area contributed by atoms with Crippen LogP contribution >= 0.6 is 0 Å². The molecule has 3 atom stereocenters. The Morgan fingerprint density at radius 1 is 1.26 bits per heavy atom. The van der Waals surface area contributed by atoms with Crippen LogP contribution in [-0.2, 0) is 14.9 Å². The third kappa shape index (κ3) is 3.06. The van der Waals surface area contributed by atoms with Gasteiger partial charge in [0.25, 0.3) is 5.91 Å². The predicted octanol–water partition coefficient (Wildman–Crippen LogP) is 4.31. The smallest absolute Gasteiger partial charge is 0.250 e. The molecule has 7 heteroatoms. The number of ether oxygens (including phenoxy) is 1. The fourth-order valence-electron chi connectivity index (χ4n) is 6.28. The predicted molar refractivity (Wildman–Crippen MR) is 129 cm³/mol. The topological polar surface area (TPSA) is 88.0 Å². The van der Waals surface area contributed by atoms with E-state index in [0.717, 1.165) is 71.4 Å². The van der Waals surface area contributed by atoms with E-state index in [-0.39, 0.29) is 17.6 Å². The van der Waals surface area contributed by atoms with Crippen molar-refractivity contribution < 1.29 is 9.53 Å². The zero-order chi connectivity index (χ0) is 23.3. The quantitative estimate of drug-likeness (QED) is 0.722. The largest absolute Gasteiger partial charge is 0.379 e. The van der Waals surface area contributed by atoms with Gasteiger partial charge in [0, 0.05) is 36.7 Å². The molecule has 1 aromatic carbocycles. The molecule has 0 radical (unpaired) electrons. The molecule has 1 saturated heterocycles. The average Bonchev–Trinajstić information content (AvgIpc) is 3.32. The van der Waals surface area contributed by atoms with Crippen molar-refractivity contribution in [3.8, 4) is 11.1 Å². The zero-order valence-electron chi connectivity index (χ0n) is 19.6. The first-order chi connectivity index (χ1) is 16.6. The lowest BCUT2D eigenvalue weighted by Gasteiger charge is -2.50. The van der Waals surface area contributed by atoms with Crippen molar-refractivity contribution in [2.75, 3.05) is 13.2 Å². The number of nitrogens with zero attached hydrogens (tertiary/aromatic N) is 3. The molecule has 0 bridgehead atoms. The fourth-order valence-corrected chi connectivity index (χ4v) is 6.28. The Morgan fingerprint density at radius 3 is 2.97 bits per heavy atom. The van der Waals surface area contributed by atoms with Gasteiger partial charge >= 0.3 is 0 Å². The van der Waals surface area contributed by atoms with Crippen LogP contribution in [0.25, 0.3) is 11.1 Å². The van der Waals surface area contributed by atoms with Crippen LogP contribution in [-0.4, -0.2) is 35.8 Å². The van der Waals surface area contributed by atoms with E-state index in [4.69, 9.17) is 4.74 Å². The Balaban J connectivity index is 1.53. The molecule has 1 amide bonds. The number of pyridine rings is 1. The van der Waals surface area contributed by atoms with Gasteiger partial charge in [0.05, 0.1) is 29.3 Å². The van der Waals surface area contributed by atoms with Gasteiger partial charge < -0.3 is 15.4 Å². The standard InChI is InChI=1S/C27H29N5O2/c1-3-27(19-7-4-6-18(12-19)20-8-10-28-14-17(20)2)21-15-29-32-24(21)30-22-13-26(9-5-11-34-16-26)31-25(33)23(22)27/h4,6-8,10,12,14-15,24,30H,3,5,9,11,13,16H2,1-2H3,(H,31,33)/t24?,26-,27+/m0/s1. The Morgan fingerprint density at radius 2 is 2.18 bits per heavy atom. The van der Waals surface area contributed by atoms with Crippen LogP contribution in [0, 0.1) is 6.92 Å². The number of benzene rings is 1. The summed E-state index contributed by atoms with van der Waals surface area (Å²) in [5, 5.41) is 15.7. The Labute approximate surface area is 199 Å². The molecule has 2 N–H and O–H groups in total. The normalized spacial score (nSPS) is 29.9. The third-order valence-corrected chi connectivity index (χ3v) is 7.87. The minimum atomic E-state index is -0.604. The molecule has 4 aliphatic heterocycles. The van der Waals surface area contributed by atoms with E-state index in [1.807, 2.05) is 24.7 Å². The van der Waals surface area contributed by atoms with Crippen molar-refractivity contribution in [2.45, 2.75) is 56.7 Å². The average molecular weight is 456 g/mol. The maximum Gasteiger partial charge on any atom is 0.250 e. The highest BCUT2D eigenvalue weighted by Gasteiger charge is 2.54. The molecule has 1 spiro atoms. The first-order valence-electron chi connectivity index (χ1n) is 12.1. The van der Waals surface area contributed by atoms with Gasteiger partial charge in [-0.05, 0) is 60.6 Å². The van der Waals surface area contributed by atoms with E-state index in [9.17, 15) is 4.79 Å². The second-order valence-electron chi connectivity index (χ2n) is 9.81. The third-order valence-electron chi connectivity index (χ3n) is 7.87. The highest BCUT2D eigenvalue weighted by molar-refractivity contribution is 6.00. The van der Waals surface area contributed by atoms with Crippen molar-refractivity contribution >= 4 is 5.91 Å². The molecule has 0 saturated carbocycles. The Hall–Kier alpha value is -3.32. The van der Waals surface area contributed by atoms with E-state index in [1.165, 1.54) is 0 Å². The Bertz CT molecular complexity index is 1260. The summed E-state index contributed by atoms with van der Waals surface area (Å²) in [4.78, 5) is 18.1. The van der Waals surface area contributed by atoms with Crippen LogP contribution in [0.2, 0.25) is 0 Å². The lowest BCUT2D eigenvalue weighted by atomic mass is 9.61. The molecule has 5 heterocycles. The molecular weight excluding hydrogens is 426 g/mol.